The molecule has 0 radical (unpaired) electrons. The summed E-state index contributed by atoms with van der Waals surface area (Å²) in [6.45, 7) is 3.87. The average Bonchev–Trinajstić information content (AvgIpc) is 0.672. The number of aliphatic carboxylic acids is 1. The Hall–Kier alpha value is -10.6. The van der Waals surface area contributed by atoms with Crippen molar-refractivity contribution in [1.82, 2.24) is 52.8 Å². The summed E-state index contributed by atoms with van der Waals surface area (Å²) in [7, 11) is 5.05. The molecule has 10 aliphatic rings. The number of aliphatic hydroxyl groups excluding tert-OH is 7. The van der Waals surface area contributed by atoms with Crippen LogP contribution < -0.4 is 66.8 Å². The van der Waals surface area contributed by atoms with Gasteiger partial charge in [0.25, 0.3) is 0 Å². The molecule has 8 amide bonds. The second-order valence-corrected chi connectivity index (χ2v) is 41.5. The summed E-state index contributed by atoms with van der Waals surface area (Å²) in [6, 6.07) is 4.23. The third-order valence-corrected chi connectivity index (χ3v) is 33.9. The Kier molecular flexibility index (Phi) is 28.0. The molecule has 39 heteroatoms. The van der Waals surface area contributed by atoms with E-state index in [1.165, 1.54) is 85.9 Å². The Labute approximate surface area is 735 Å². The number of likely N-dealkylation sites (N-methyl/N-ethyl adjacent to an activating group) is 1. The predicted molar refractivity (Wildman–Crippen MR) is 460 cm³/mol. The number of ether oxygens (including phenoxy) is 6. The number of hydrogen-bond acceptors (Lipinski definition) is 27. The molecule has 10 aliphatic heterocycles. The number of carbonyl (C=O) groups excluding carboxylic acids is 8. The number of aliphatic hydroxyl groups is 7. The van der Waals surface area contributed by atoms with Crippen molar-refractivity contribution < 1.29 is 128 Å². The van der Waals surface area contributed by atoms with Gasteiger partial charge in [-0.05, 0) is 54.8 Å². The van der Waals surface area contributed by atoms with Gasteiger partial charge in [-0.3, -0.25) is 14.4 Å². The Morgan fingerprint density at radius 1 is 0.627 bits per heavy atom. The topological polar surface area (TPSA) is 543 Å². The van der Waals surface area contributed by atoms with Crippen LogP contribution in [0.4, 0.5) is 0 Å². The van der Waals surface area contributed by atoms with Gasteiger partial charge in [-0.25, -0.2) is 4.79 Å². The Morgan fingerprint density at radius 2 is 1.30 bits per heavy atom. The fourth-order valence-electron chi connectivity index (χ4n) is 16.5. The molecule has 2 fully saturated rings. The molecule has 6 aromatic carbocycles. The van der Waals surface area contributed by atoms with E-state index in [1.807, 2.05) is 4.90 Å². The number of carboxylic acids is 1. The summed E-state index contributed by atoms with van der Waals surface area (Å²) in [5, 5.41) is 151. The molecular formula is C87H99Cl2IN10O26. The van der Waals surface area contributed by atoms with E-state index in [0.717, 1.165) is 62.4 Å². The third kappa shape index (κ3) is 18.9. The second kappa shape index (κ2) is 38.5. The zero-order chi connectivity index (χ0) is 90.2. The summed E-state index contributed by atoms with van der Waals surface area (Å²) in [6.07, 6.45) is -10.1. The van der Waals surface area contributed by atoms with Crippen LogP contribution in [0, 0.1) is 9.49 Å². The first-order valence-corrected chi connectivity index (χ1v) is 46.5. The number of phenols is 3. The number of nitrogens with zero attached hydrogens (tertiary/aromatic N) is 1. The average molecular weight is 1900 g/mol. The molecule has 9 unspecified atom stereocenters. The summed E-state index contributed by atoms with van der Waals surface area (Å²) in [4.78, 5) is 140. The van der Waals surface area contributed by atoms with Gasteiger partial charge in [0.05, 0.1) is 0 Å². The molecule has 6 aromatic rings. The maximum atomic E-state index is 16.9. The fraction of sp³-hybridized carbons (Fsp3) is 0.425. The minimum atomic E-state index is -4.91. The molecule has 0 spiro atoms. The van der Waals surface area contributed by atoms with Crippen molar-refractivity contribution in [2.75, 3.05) is 40.8 Å². The van der Waals surface area contributed by atoms with Crippen molar-refractivity contribution in [3.8, 4) is 57.5 Å². The third-order valence-electron chi connectivity index (χ3n) is 23.2. The summed E-state index contributed by atoms with van der Waals surface area (Å²) in [5.74, 6) is -15.0. The number of benzene rings is 6. The number of nitrogens with one attached hydrogen (secondary N) is 9. The van der Waals surface area contributed by atoms with Crippen molar-refractivity contribution in [3.05, 3.63) is 167 Å². The summed E-state index contributed by atoms with van der Waals surface area (Å²) < 4.78 is 39.4. The van der Waals surface area contributed by atoms with Gasteiger partial charge < -0.3 is 51.0 Å². The van der Waals surface area contributed by atoms with Crippen molar-refractivity contribution >= 4 is 102 Å². The number of alkyl halides is 1. The van der Waals surface area contributed by atoms with Crippen molar-refractivity contribution in [3.63, 3.8) is 0 Å². The van der Waals surface area contributed by atoms with E-state index in [1.54, 1.807) is 18.1 Å². The zero-order valence-electron chi connectivity index (χ0n) is 68.8. The van der Waals surface area contributed by atoms with Crippen LogP contribution in [0.15, 0.2) is 115 Å². The maximum absolute atomic E-state index is 16.9. The zero-order valence-corrected chi connectivity index (χ0v) is 72.4. The van der Waals surface area contributed by atoms with E-state index in [9.17, 15) is 70.6 Å². The monoisotopic (exact) mass is 1900 g/mol. The number of allylic oxidation sites excluding steroid dienone is 1. The van der Waals surface area contributed by atoms with E-state index in [2.05, 4.69) is 61.7 Å². The minimum absolute atomic E-state index is 0.0103. The standard InChI is InChI=1S/C87H99Cl2IN10O26/c1-38(2)13-10-8-6-7-9-11-14-60(105)94-69-72(108)74(110)77(86(119)120)126-87(69)125-76-57-31-43-32-58(76)123-55-22-18-42(28-49(55)88)70(106)68-85(118)98-66(80(113)92-25-12-26-100(4)5)47-33-44(102)34-51-61(47)50-29-41(23-24-90(50,51)78-75(111)73(109)71(107)59(37-101)124-78)64(82(115)99-68)95-83(116)65(43)96-84(117)67-48-35-46(36-54(104)62(48)89)122-56-30-40(17-21-53(56)103)63(91-3)81(114)93-52(79(112)97-67)27-39-15-19-45(121-57)20-16-39/h15-24,28-36,38,52,59,63-75,77-78,87,91,101-104,106-111H,6-14,25-27,37H2,1-5H3,(H,92,113)(H,93,114)(H,94,105)(H,95,116)(H,96,117)(H,97,112)(H,98,118)(H,99,115)(H,119,120)/t52-,59?,63-,64?,65-,66+,67+,68+,69?,70-,71-,72?,73?,74+,75?,77?,78?,87-/m1/s1. The van der Waals surface area contributed by atoms with Crippen LogP contribution in [-0.2, 0) is 59.0 Å². The van der Waals surface area contributed by atoms with Crippen LogP contribution in [0.2, 0.25) is 10.0 Å². The molecule has 16 rings (SSSR count). The first-order valence-electron chi connectivity index (χ1n) is 41.1. The summed E-state index contributed by atoms with van der Waals surface area (Å²) in [5.41, 5.74) is -0.856. The summed E-state index contributed by atoms with van der Waals surface area (Å²) >= 11 is 9.43. The van der Waals surface area contributed by atoms with Crippen molar-refractivity contribution in [2.24, 2.45) is 5.92 Å². The van der Waals surface area contributed by atoms with Crippen molar-refractivity contribution in [1.29, 1.82) is 0 Å². The molecular weight excluding hydrogens is 1800 g/mol. The Morgan fingerprint density at radius 3 is 2.01 bits per heavy atom. The molecule has 19 atom stereocenters. The van der Waals surface area contributed by atoms with Gasteiger partial charge in [0.1, 0.15) is 41.8 Å². The number of aromatic hydroxyl groups is 3. The molecule has 20 N–H and O–H groups in total. The van der Waals surface area contributed by atoms with Gasteiger partial charge in [0.2, 0.25) is 18.1 Å². The number of carbonyl (C=O) groups is 9. The van der Waals surface area contributed by atoms with Gasteiger partial charge in [0.15, 0.2) is 17.6 Å². The molecule has 126 heavy (non-hydrogen) atoms. The normalized spacial score (nSPS) is 28.5. The van der Waals surface area contributed by atoms with E-state index < -0.39 is 241 Å². The number of halogens is 3. The van der Waals surface area contributed by atoms with Crippen LogP contribution in [0.1, 0.15) is 141 Å². The van der Waals surface area contributed by atoms with Crippen LogP contribution in [0.5, 0.6) is 57.5 Å². The van der Waals surface area contributed by atoms with Gasteiger partial charge in [-0.15, -0.1) is 0 Å². The van der Waals surface area contributed by atoms with Crippen LogP contribution in [0.3, 0.4) is 0 Å². The molecule has 36 nitrogen and oxygen atoms in total. The van der Waals surface area contributed by atoms with Crippen molar-refractivity contribution in [2.45, 2.75) is 186 Å². The molecule has 0 aromatic heterocycles. The molecule has 10 heterocycles. The fourth-order valence-corrected chi connectivity index (χ4v) is 27.8. The number of carboxylic acid groups (broad SMARTS) is 1. The number of fused-ring (bicyclic) bond motifs is 12. The van der Waals surface area contributed by atoms with Gasteiger partial charge in [0, 0.05) is 18.9 Å². The molecule has 17 bridgehead atoms. The van der Waals surface area contributed by atoms with E-state index >= 15 is 28.8 Å². The first kappa shape index (κ1) is 91.6. The molecule has 0 saturated carbocycles. The predicted octanol–water partition coefficient (Wildman–Crippen LogP) is 4.05. The second-order valence-electron chi connectivity index (χ2n) is 32.7. The quantitative estimate of drug-likeness (QED) is 0.0274. The van der Waals surface area contributed by atoms with Crippen LogP contribution in [-0.4, -0.2) is 236 Å². The molecule has 0 aliphatic carbocycles. The van der Waals surface area contributed by atoms with Gasteiger partial charge in [-0.1, -0.05) is 82.2 Å². The molecule has 674 valence electrons. The first-order chi connectivity index (χ1) is 60.1. The van der Waals surface area contributed by atoms with Gasteiger partial charge >= 0.3 is 436 Å². The number of amides is 8. The number of phenolic OH excluding ortho intramolecular Hbond substituents is 3. The number of unbranched alkanes of at least 4 members (excludes halogenated alkanes) is 5. The van der Waals surface area contributed by atoms with E-state index in [-0.39, 0.29) is 77.4 Å². The van der Waals surface area contributed by atoms with E-state index in [4.69, 9.17) is 51.6 Å². The SMILES string of the molecule is CN[C@H]1C(=O)N[C@@H]2Cc3ccc(cc3)Oc3cc4cc(c3O[C@@H]3OC(C(=O)O)[C@@H](O)C(O)C3NC(=O)CCCCCCCCC(C)C)Oc3ccc(cc3Cl)[C@@H](O)[C@@H]3NC(=O)C(NC(=O)[C@@H]4NC(=O)[C@@H](NC2=O)c2cc(cc(O)c2Cl)Oc2cc1ccc2O)C1=CC=I2(C4OC(CO)[C@@H](O)C(O)C4O)C(=C1)c1c(cc(O)cc12)[C@@H](C(=O)NCCCN(C)C)NC3=O. The molecule has 2 saturated heterocycles. The van der Waals surface area contributed by atoms with Crippen LogP contribution >= 0.6 is 41.2 Å². The van der Waals surface area contributed by atoms with Crippen LogP contribution in [0.25, 0.3) is 3.58 Å². The van der Waals surface area contributed by atoms with E-state index in [0.29, 0.717) is 37.3 Å². The Bertz CT molecular complexity index is 5390. The number of hydrogen-bond donors (Lipinski definition) is 20. The van der Waals surface area contributed by atoms with Gasteiger partial charge in [-0.2, -0.15) is 0 Å². The Balaban J connectivity index is 0.992. The number of rotatable bonds is 21.